The van der Waals surface area contributed by atoms with Crippen molar-refractivity contribution >= 4 is 0 Å². The van der Waals surface area contributed by atoms with Crippen molar-refractivity contribution in [3.63, 3.8) is 0 Å². The number of quaternary nitrogens is 2. The number of benzene rings is 1. The zero-order valence-electron chi connectivity index (χ0n) is 19.7. The number of piperidine rings is 2. The molecule has 0 aliphatic carbocycles. The van der Waals surface area contributed by atoms with Crippen LogP contribution in [0.1, 0.15) is 75.3 Å². The normalized spacial score (nSPS) is 20.1. The largest absolute Gasteiger partial charge is 1.00 e. The van der Waals surface area contributed by atoms with Crippen LogP contribution in [0.4, 0.5) is 0 Å². The van der Waals surface area contributed by atoms with Crippen molar-refractivity contribution in [2.45, 2.75) is 77.0 Å². The molecule has 2 nitrogen and oxygen atoms in total. The van der Waals surface area contributed by atoms with Crippen LogP contribution in [-0.4, -0.2) is 62.3 Å². The number of halogens is 2. The zero-order chi connectivity index (χ0) is 19.7. The summed E-state index contributed by atoms with van der Waals surface area (Å²) in [6.45, 7) is 8.41. The first-order valence-electron chi connectivity index (χ1n) is 12.3. The van der Waals surface area contributed by atoms with Crippen LogP contribution in [0.5, 0.6) is 0 Å². The molecule has 2 aliphatic rings. The average Bonchev–Trinajstić information content (AvgIpc) is 2.71. The van der Waals surface area contributed by atoms with Crippen LogP contribution in [-0.2, 0) is 12.8 Å². The number of nitrogens with zero attached hydrogens (tertiary/aromatic N) is 2. The van der Waals surface area contributed by atoms with E-state index in [1.54, 1.807) is 0 Å². The highest BCUT2D eigenvalue weighted by molar-refractivity contribution is 5.22. The number of hydrogen-bond acceptors (Lipinski definition) is 0. The van der Waals surface area contributed by atoms with Gasteiger partial charge < -0.3 is 42.9 Å². The van der Waals surface area contributed by atoms with Crippen LogP contribution in [0.25, 0.3) is 0 Å². The van der Waals surface area contributed by atoms with E-state index in [2.05, 4.69) is 38.4 Å². The molecule has 2 aliphatic heterocycles. The van der Waals surface area contributed by atoms with Crippen molar-refractivity contribution in [3.8, 4) is 0 Å². The van der Waals surface area contributed by atoms with E-state index in [1.165, 1.54) is 136 Å². The Hall–Kier alpha value is 0.1000. The summed E-state index contributed by atoms with van der Waals surface area (Å²) >= 11 is 0. The minimum atomic E-state index is 0. The maximum absolute atomic E-state index is 2.47. The van der Waals surface area contributed by atoms with Crippen LogP contribution in [0.2, 0.25) is 0 Å². The minimum absolute atomic E-state index is 0. The summed E-state index contributed by atoms with van der Waals surface area (Å²) < 4.78 is 2.66. The predicted molar refractivity (Wildman–Crippen MR) is 122 cm³/mol. The fourth-order valence-electron chi connectivity index (χ4n) is 5.52. The number of aryl methyl sites for hydroxylation is 2. The van der Waals surface area contributed by atoms with Gasteiger partial charge in [-0.2, -0.15) is 0 Å². The highest BCUT2D eigenvalue weighted by atomic mass is 79.9. The average molecular weight is 546 g/mol. The summed E-state index contributed by atoms with van der Waals surface area (Å²) in [6, 6.07) is 9.58. The van der Waals surface area contributed by atoms with Gasteiger partial charge in [0.25, 0.3) is 0 Å². The monoisotopic (exact) mass is 544 g/mol. The Bertz CT molecular complexity index is 510. The first-order valence-corrected chi connectivity index (χ1v) is 12.3. The summed E-state index contributed by atoms with van der Waals surface area (Å²) in [7, 11) is 4.95. The van der Waals surface area contributed by atoms with Crippen LogP contribution in [0, 0.1) is 0 Å². The van der Waals surface area contributed by atoms with E-state index < -0.39 is 0 Å². The van der Waals surface area contributed by atoms with E-state index in [0.717, 1.165) is 0 Å². The second-order valence-corrected chi connectivity index (χ2v) is 10.4. The second-order valence-electron chi connectivity index (χ2n) is 10.4. The van der Waals surface area contributed by atoms with Crippen molar-refractivity contribution in [2.24, 2.45) is 0 Å². The molecule has 4 heteroatoms. The van der Waals surface area contributed by atoms with E-state index in [-0.39, 0.29) is 34.0 Å². The summed E-state index contributed by atoms with van der Waals surface area (Å²) in [5, 5.41) is 0. The molecular weight excluding hydrogens is 500 g/mol. The van der Waals surface area contributed by atoms with Gasteiger partial charge in [0.1, 0.15) is 0 Å². The van der Waals surface area contributed by atoms with Crippen molar-refractivity contribution in [1.82, 2.24) is 0 Å². The summed E-state index contributed by atoms with van der Waals surface area (Å²) in [5.41, 5.74) is 3.08. The van der Waals surface area contributed by atoms with Crippen LogP contribution in [0.15, 0.2) is 24.3 Å². The predicted octanol–water partition coefficient (Wildman–Crippen LogP) is -0.399. The Morgan fingerprint density at radius 2 is 0.867 bits per heavy atom. The lowest BCUT2D eigenvalue weighted by molar-refractivity contribution is -0.914. The molecule has 0 atom stereocenters. The maximum Gasteiger partial charge on any atom is 0.0784 e. The van der Waals surface area contributed by atoms with Gasteiger partial charge in [-0.25, -0.2) is 0 Å². The van der Waals surface area contributed by atoms with Gasteiger partial charge in [-0.1, -0.05) is 24.3 Å². The fraction of sp³-hybridized carbons (Fsp3) is 0.769. The van der Waals surface area contributed by atoms with Gasteiger partial charge in [0, 0.05) is 0 Å². The van der Waals surface area contributed by atoms with Gasteiger partial charge in [0.2, 0.25) is 0 Å². The molecule has 0 bridgehead atoms. The quantitative estimate of drug-likeness (QED) is 0.277. The van der Waals surface area contributed by atoms with E-state index in [9.17, 15) is 0 Å². The van der Waals surface area contributed by atoms with E-state index >= 15 is 0 Å². The van der Waals surface area contributed by atoms with Gasteiger partial charge in [0.05, 0.1) is 53.4 Å². The third-order valence-electron chi connectivity index (χ3n) is 7.64. The first kappa shape index (κ1) is 28.1. The van der Waals surface area contributed by atoms with Crippen LogP contribution < -0.4 is 34.0 Å². The molecule has 1 aromatic carbocycles. The first-order chi connectivity index (χ1) is 13.6. The molecule has 1 aromatic rings. The highest BCUT2D eigenvalue weighted by Crippen LogP contribution is 2.19. The lowest BCUT2D eigenvalue weighted by atomic mass is 10.0. The molecule has 2 fully saturated rings. The molecule has 0 spiro atoms. The summed E-state index contributed by atoms with van der Waals surface area (Å²) in [6.07, 6.45) is 16.7. The third-order valence-corrected chi connectivity index (χ3v) is 7.64. The number of rotatable bonds is 10. The fourth-order valence-corrected chi connectivity index (χ4v) is 5.52. The maximum atomic E-state index is 2.47. The molecular formula is C26H46Br2N2. The van der Waals surface area contributed by atoms with Crippen molar-refractivity contribution < 1.29 is 42.9 Å². The Kier molecular flexibility index (Phi) is 13.4. The van der Waals surface area contributed by atoms with Gasteiger partial charge in [-0.05, 0) is 88.2 Å². The molecule has 0 amide bonds. The molecule has 3 rings (SSSR count). The van der Waals surface area contributed by atoms with Gasteiger partial charge in [-0.15, -0.1) is 0 Å². The highest BCUT2D eigenvalue weighted by Gasteiger charge is 2.24. The lowest BCUT2D eigenvalue weighted by Crippen LogP contribution is -3.00. The van der Waals surface area contributed by atoms with Crippen molar-refractivity contribution in [2.75, 3.05) is 53.4 Å². The minimum Gasteiger partial charge on any atom is -1.00 e. The molecule has 2 saturated heterocycles. The van der Waals surface area contributed by atoms with E-state index in [0.29, 0.717) is 0 Å². The molecule has 2 heterocycles. The van der Waals surface area contributed by atoms with Gasteiger partial charge in [-0.3, -0.25) is 0 Å². The summed E-state index contributed by atoms with van der Waals surface area (Å²) in [5.74, 6) is 0. The number of hydrogen-bond donors (Lipinski definition) is 0. The molecule has 0 radical (unpaired) electrons. The van der Waals surface area contributed by atoms with Crippen LogP contribution >= 0.6 is 0 Å². The smallest absolute Gasteiger partial charge is 0.0784 e. The summed E-state index contributed by atoms with van der Waals surface area (Å²) in [4.78, 5) is 0. The van der Waals surface area contributed by atoms with E-state index in [4.69, 9.17) is 0 Å². The molecule has 174 valence electrons. The molecule has 0 unspecified atom stereocenters. The van der Waals surface area contributed by atoms with Gasteiger partial charge in [0.15, 0.2) is 0 Å². The SMILES string of the molecule is C[N+]1(CCCCc2ccc(CCCC[N+]3(C)CCCCC3)cc2)CCCCC1.[Br-].[Br-]. The van der Waals surface area contributed by atoms with E-state index in [1.807, 2.05) is 0 Å². The number of likely N-dealkylation sites (tertiary alicyclic amines) is 2. The van der Waals surface area contributed by atoms with Crippen molar-refractivity contribution in [1.29, 1.82) is 0 Å². The molecule has 0 N–H and O–H groups in total. The molecule has 30 heavy (non-hydrogen) atoms. The molecule has 0 aromatic heterocycles. The third kappa shape index (κ3) is 9.71. The Balaban J connectivity index is 0.00000225. The lowest BCUT2D eigenvalue weighted by Gasteiger charge is -2.38. The molecule has 0 saturated carbocycles. The Morgan fingerprint density at radius 1 is 0.533 bits per heavy atom. The standard InChI is InChI=1S/C26H46N2.2BrH/c1-27(19-7-3-8-20-27)23-11-5-13-25-15-17-26(18-16-25)14-6-12-24-28(2)21-9-4-10-22-28;;/h15-18H,3-14,19-24H2,1-2H3;2*1H/q+2;;/p-2. The van der Waals surface area contributed by atoms with Crippen LogP contribution in [0.3, 0.4) is 0 Å². The Morgan fingerprint density at radius 3 is 1.20 bits per heavy atom. The van der Waals surface area contributed by atoms with Crippen molar-refractivity contribution in [3.05, 3.63) is 35.4 Å². The second kappa shape index (κ2) is 14.3. The topological polar surface area (TPSA) is 0 Å². The number of unbranched alkanes of at least 4 members (excludes halogenated alkanes) is 2. The van der Waals surface area contributed by atoms with Gasteiger partial charge >= 0.3 is 0 Å². The Labute approximate surface area is 208 Å². The zero-order valence-corrected chi connectivity index (χ0v) is 22.9.